The first kappa shape index (κ1) is 13.8. The summed E-state index contributed by atoms with van der Waals surface area (Å²) >= 11 is 1.91. The maximum absolute atomic E-state index is 5.82. The van der Waals surface area contributed by atoms with E-state index in [9.17, 15) is 0 Å². The topological polar surface area (TPSA) is 21.3 Å². The number of para-hydroxylation sites is 1. The van der Waals surface area contributed by atoms with Gasteiger partial charge in [0.15, 0.2) is 0 Å². The van der Waals surface area contributed by atoms with E-state index in [-0.39, 0.29) is 0 Å². The van der Waals surface area contributed by atoms with Crippen molar-refractivity contribution >= 4 is 11.8 Å². The fraction of sp³-hybridized carbons (Fsp3) is 0.600. The Morgan fingerprint density at radius 3 is 3.11 bits per heavy atom. The first-order valence-corrected chi connectivity index (χ1v) is 8.23. The molecule has 1 N–H and O–H groups in total. The predicted molar refractivity (Wildman–Crippen MR) is 79.7 cm³/mol. The highest BCUT2D eigenvalue weighted by molar-refractivity contribution is 7.98. The van der Waals surface area contributed by atoms with Crippen LogP contribution in [0.5, 0.6) is 5.75 Å². The van der Waals surface area contributed by atoms with Gasteiger partial charge in [0.05, 0.1) is 6.61 Å². The van der Waals surface area contributed by atoms with Crippen molar-refractivity contribution in [3.8, 4) is 5.75 Å². The van der Waals surface area contributed by atoms with E-state index in [0.717, 1.165) is 25.3 Å². The van der Waals surface area contributed by atoms with E-state index >= 15 is 0 Å². The Balaban J connectivity index is 2.16. The molecular weight excluding hydrogens is 242 g/mol. The number of rotatable bonds is 7. The van der Waals surface area contributed by atoms with Gasteiger partial charge in [-0.1, -0.05) is 25.1 Å². The van der Waals surface area contributed by atoms with Crippen LogP contribution in [0, 0.1) is 0 Å². The highest BCUT2D eigenvalue weighted by Gasteiger charge is 2.21. The summed E-state index contributed by atoms with van der Waals surface area (Å²) in [6.45, 7) is 4.13. The molecule has 2 rings (SSSR count). The van der Waals surface area contributed by atoms with E-state index in [1.54, 1.807) is 0 Å². The molecular formula is C15H23NOS. The third kappa shape index (κ3) is 3.21. The third-order valence-electron chi connectivity index (χ3n) is 3.37. The molecule has 0 saturated heterocycles. The summed E-state index contributed by atoms with van der Waals surface area (Å²) in [5, 5.41) is 3.66. The number of benzene rings is 1. The maximum atomic E-state index is 5.82. The zero-order chi connectivity index (χ0) is 12.8. The van der Waals surface area contributed by atoms with Crippen molar-refractivity contribution in [3.63, 3.8) is 0 Å². The average molecular weight is 265 g/mol. The van der Waals surface area contributed by atoms with E-state index in [1.165, 1.54) is 29.7 Å². The van der Waals surface area contributed by atoms with Crippen molar-refractivity contribution in [1.82, 2.24) is 5.32 Å². The lowest BCUT2D eigenvalue weighted by molar-refractivity contribution is 0.347. The zero-order valence-corrected chi connectivity index (χ0v) is 12.2. The van der Waals surface area contributed by atoms with Crippen LogP contribution in [-0.2, 0) is 6.42 Å². The average Bonchev–Trinajstić information content (AvgIpc) is 2.87. The number of ether oxygens (including phenoxy) is 1. The van der Waals surface area contributed by atoms with E-state index in [2.05, 4.69) is 36.7 Å². The second-order valence-electron chi connectivity index (χ2n) is 4.72. The molecule has 0 spiro atoms. The summed E-state index contributed by atoms with van der Waals surface area (Å²) in [6.07, 6.45) is 5.57. The smallest absolute Gasteiger partial charge is 0.127 e. The van der Waals surface area contributed by atoms with Gasteiger partial charge in [0, 0.05) is 18.0 Å². The molecule has 0 amide bonds. The van der Waals surface area contributed by atoms with Crippen LogP contribution in [0.1, 0.15) is 36.9 Å². The Kier molecular flexibility index (Phi) is 5.39. The quantitative estimate of drug-likeness (QED) is 0.816. The molecule has 0 radical (unpaired) electrons. The zero-order valence-electron chi connectivity index (χ0n) is 11.4. The lowest BCUT2D eigenvalue weighted by Crippen LogP contribution is -2.23. The van der Waals surface area contributed by atoms with Gasteiger partial charge in [0.25, 0.3) is 0 Å². The van der Waals surface area contributed by atoms with Gasteiger partial charge >= 0.3 is 0 Å². The van der Waals surface area contributed by atoms with Crippen molar-refractivity contribution in [1.29, 1.82) is 0 Å². The van der Waals surface area contributed by atoms with Crippen LogP contribution in [0.4, 0.5) is 0 Å². The monoisotopic (exact) mass is 265 g/mol. The van der Waals surface area contributed by atoms with Gasteiger partial charge in [0.1, 0.15) is 5.75 Å². The normalized spacial score (nSPS) is 15.2. The second kappa shape index (κ2) is 7.05. The number of thioether (sulfide) groups is 1. The molecule has 1 atom stereocenters. The molecule has 1 aromatic carbocycles. The molecule has 0 bridgehead atoms. The van der Waals surface area contributed by atoms with Crippen LogP contribution < -0.4 is 10.1 Å². The Bertz CT molecular complexity index is 373. The molecule has 0 aliphatic carbocycles. The molecule has 18 heavy (non-hydrogen) atoms. The largest absolute Gasteiger partial charge is 0.493 e. The summed E-state index contributed by atoms with van der Waals surface area (Å²) in [4.78, 5) is 0. The van der Waals surface area contributed by atoms with Crippen molar-refractivity contribution in [2.75, 3.05) is 25.2 Å². The van der Waals surface area contributed by atoms with Crippen LogP contribution in [-0.4, -0.2) is 25.2 Å². The standard InChI is InChI=1S/C15H23NOS/c1-3-9-16-14(8-11-18-2)13-6-4-5-12-7-10-17-15(12)13/h4-6,14,16H,3,7-11H2,1-2H3. The Morgan fingerprint density at radius 2 is 2.33 bits per heavy atom. The minimum absolute atomic E-state index is 0.436. The molecule has 1 aliphatic heterocycles. The molecule has 1 aliphatic rings. The number of nitrogens with one attached hydrogen (secondary N) is 1. The summed E-state index contributed by atoms with van der Waals surface area (Å²) in [5.41, 5.74) is 2.73. The molecule has 100 valence electrons. The third-order valence-corrected chi connectivity index (χ3v) is 4.02. The van der Waals surface area contributed by atoms with E-state index in [1.807, 2.05) is 11.8 Å². The summed E-state index contributed by atoms with van der Waals surface area (Å²) in [6, 6.07) is 7.02. The van der Waals surface area contributed by atoms with Gasteiger partial charge in [-0.3, -0.25) is 0 Å². The maximum Gasteiger partial charge on any atom is 0.127 e. The summed E-state index contributed by atoms with van der Waals surface area (Å²) < 4.78 is 5.82. The molecule has 0 fully saturated rings. The highest BCUT2D eigenvalue weighted by atomic mass is 32.2. The SMILES string of the molecule is CCCNC(CCSC)c1cccc2c1OCC2. The van der Waals surface area contributed by atoms with Crippen molar-refractivity contribution in [2.45, 2.75) is 32.2 Å². The van der Waals surface area contributed by atoms with Gasteiger partial charge in [-0.05, 0) is 37.0 Å². The first-order chi connectivity index (χ1) is 8.86. The van der Waals surface area contributed by atoms with Crippen LogP contribution >= 0.6 is 11.8 Å². The van der Waals surface area contributed by atoms with Crippen molar-refractivity contribution in [3.05, 3.63) is 29.3 Å². The fourth-order valence-corrected chi connectivity index (χ4v) is 2.91. The van der Waals surface area contributed by atoms with E-state index in [0.29, 0.717) is 6.04 Å². The Hall–Kier alpha value is -0.670. The molecule has 3 heteroatoms. The van der Waals surface area contributed by atoms with E-state index < -0.39 is 0 Å². The fourth-order valence-electron chi connectivity index (χ4n) is 2.44. The Morgan fingerprint density at radius 1 is 1.44 bits per heavy atom. The van der Waals surface area contributed by atoms with Crippen LogP contribution in [0.3, 0.4) is 0 Å². The molecule has 2 nitrogen and oxygen atoms in total. The van der Waals surface area contributed by atoms with Crippen LogP contribution in [0.2, 0.25) is 0 Å². The molecule has 0 saturated carbocycles. The molecule has 1 unspecified atom stereocenters. The minimum atomic E-state index is 0.436. The van der Waals surface area contributed by atoms with Crippen LogP contribution in [0.25, 0.3) is 0 Å². The van der Waals surface area contributed by atoms with Gasteiger partial charge in [0.2, 0.25) is 0 Å². The number of hydrogen-bond donors (Lipinski definition) is 1. The minimum Gasteiger partial charge on any atom is -0.493 e. The van der Waals surface area contributed by atoms with E-state index in [4.69, 9.17) is 4.74 Å². The van der Waals surface area contributed by atoms with Crippen molar-refractivity contribution < 1.29 is 4.74 Å². The van der Waals surface area contributed by atoms with Gasteiger partial charge < -0.3 is 10.1 Å². The molecule has 1 heterocycles. The predicted octanol–water partition coefficient (Wildman–Crippen LogP) is 3.42. The lowest BCUT2D eigenvalue weighted by Gasteiger charge is -2.21. The Labute approximate surface area is 114 Å². The van der Waals surface area contributed by atoms with Crippen molar-refractivity contribution in [2.24, 2.45) is 0 Å². The number of hydrogen-bond acceptors (Lipinski definition) is 3. The summed E-state index contributed by atoms with van der Waals surface area (Å²) in [7, 11) is 0. The van der Waals surface area contributed by atoms with Gasteiger partial charge in [-0.25, -0.2) is 0 Å². The molecule has 1 aromatic rings. The van der Waals surface area contributed by atoms with Crippen LogP contribution in [0.15, 0.2) is 18.2 Å². The number of fused-ring (bicyclic) bond motifs is 1. The summed E-state index contributed by atoms with van der Waals surface area (Å²) in [5.74, 6) is 2.33. The molecule has 0 aromatic heterocycles. The first-order valence-electron chi connectivity index (χ1n) is 6.83. The van der Waals surface area contributed by atoms with Gasteiger partial charge in [-0.15, -0.1) is 0 Å². The second-order valence-corrected chi connectivity index (χ2v) is 5.71. The lowest BCUT2D eigenvalue weighted by atomic mass is 10.00. The van der Waals surface area contributed by atoms with Gasteiger partial charge in [-0.2, -0.15) is 11.8 Å². The highest BCUT2D eigenvalue weighted by Crippen LogP contribution is 2.34.